The van der Waals surface area contributed by atoms with Crippen molar-refractivity contribution in [1.29, 1.82) is 0 Å². The van der Waals surface area contributed by atoms with Crippen LogP contribution in [0.2, 0.25) is 0 Å². The molecule has 5 heteroatoms. The molecule has 20 heavy (non-hydrogen) atoms. The van der Waals surface area contributed by atoms with E-state index in [2.05, 4.69) is 22.9 Å². The van der Waals surface area contributed by atoms with E-state index < -0.39 is 11.9 Å². The van der Waals surface area contributed by atoms with Crippen LogP contribution in [-0.4, -0.2) is 18.5 Å². The second-order valence-electron chi connectivity index (χ2n) is 4.08. The highest BCUT2D eigenvalue weighted by atomic mass is 79.9. The fourth-order valence-corrected chi connectivity index (χ4v) is 1.63. The Morgan fingerprint density at radius 3 is 2.40 bits per heavy atom. The van der Waals surface area contributed by atoms with E-state index in [1.807, 2.05) is 0 Å². The van der Waals surface area contributed by atoms with Crippen LogP contribution in [-0.2, 0) is 14.3 Å². The number of carbonyl (C=O) groups is 2. The Hall–Kier alpha value is -1.62. The molecule has 0 fully saturated rings. The summed E-state index contributed by atoms with van der Waals surface area (Å²) in [4.78, 5) is 22.7. The third kappa shape index (κ3) is 7.09. The molecule has 0 aliphatic rings. The molecular weight excluding hydrogens is 324 g/mol. The van der Waals surface area contributed by atoms with Gasteiger partial charge >= 0.3 is 11.9 Å². The second-order valence-corrected chi connectivity index (χ2v) is 5.00. The van der Waals surface area contributed by atoms with Crippen molar-refractivity contribution < 1.29 is 19.1 Å². The first-order valence-corrected chi connectivity index (χ1v) is 7.23. The van der Waals surface area contributed by atoms with Crippen molar-refractivity contribution in [2.45, 2.75) is 26.2 Å². The van der Waals surface area contributed by atoms with E-state index in [0.29, 0.717) is 12.4 Å². The first-order chi connectivity index (χ1) is 9.61. The monoisotopic (exact) mass is 340 g/mol. The van der Waals surface area contributed by atoms with E-state index >= 15 is 0 Å². The van der Waals surface area contributed by atoms with Crippen LogP contribution in [0.4, 0.5) is 0 Å². The fourth-order valence-electron chi connectivity index (χ4n) is 1.36. The summed E-state index contributed by atoms with van der Waals surface area (Å²) in [7, 11) is 0. The van der Waals surface area contributed by atoms with Crippen molar-refractivity contribution in [2.24, 2.45) is 0 Å². The topological polar surface area (TPSA) is 52.6 Å². The normalized spacial score (nSPS) is 10.5. The maximum atomic E-state index is 11.4. The van der Waals surface area contributed by atoms with Gasteiger partial charge in [-0.25, -0.2) is 9.59 Å². The molecule has 1 rings (SSSR count). The van der Waals surface area contributed by atoms with Gasteiger partial charge < -0.3 is 9.47 Å². The lowest BCUT2D eigenvalue weighted by Gasteiger charge is -2.01. The Morgan fingerprint density at radius 2 is 1.75 bits per heavy atom. The molecular formula is C15H17BrO4. The van der Waals surface area contributed by atoms with Crippen molar-refractivity contribution in [2.75, 3.05) is 6.61 Å². The quantitative estimate of drug-likeness (QED) is 0.329. The molecule has 0 saturated heterocycles. The Kier molecular flexibility index (Phi) is 7.65. The fraction of sp³-hybridized carbons (Fsp3) is 0.333. The number of halogens is 1. The Morgan fingerprint density at radius 1 is 1.10 bits per heavy atom. The standard InChI is InChI=1S/C15H17BrO4/c1-2-3-4-11-19-14(17)9-10-15(18)20-13-7-5-12(16)6-8-13/h5-10H,2-4,11H2,1H3/b10-9+. The number of rotatable bonds is 7. The predicted molar refractivity (Wildman–Crippen MR) is 79.4 cm³/mol. The summed E-state index contributed by atoms with van der Waals surface area (Å²) in [5.74, 6) is -0.731. The van der Waals surface area contributed by atoms with Crippen molar-refractivity contribution >= 4 is 27.9 Å². The van der Waals surface area contributed by atoms with Crippen LogP contribution in [0.3, 0.4) is 0 Å². The molecule has 0 unspecified atom stereocenters. The molecule has 0 bridgehead atoms. The summed E-state index contributed by atoms with van der Waals surface area (Å²) < 4.78 is 10.8. The Balaban J connectivity index is 2.32. The van der Waals surface area contributed by atoms with E-state index in [1.165, 1.54) is 0 Å². The summed E-state index contributed by atoms with van der Waals surface area (Å²) in [5.41, 5.74) is 0. The van der Waals surface area contributed by atoms with Gasteiger partial charge in [-0.2, -0.15) is 0 Å². The molecule has 0 aromatic heterocycles. The minimum atomic E-state index is -0.613. The number of hydrogen-bond acceptors (Lipinski definition) is 4. The van der Waals surface area contributed by atoms with Gasteiger partial charge in [0.15, 0.2) is 0 Å². The number of ether oxygens (including phenoxy) is 2. The van der Waals surface area contributed by atoms with E-state index in [1.54, 1.807) is 24.3 Å². The van der Waals surface area contributed by atoms with Crippen LogP contribution in [0.5, 0.6) is 5.75 Å². The molecule has 0 aliphatic heterocycles. The van der Waals surface area contributed by atoms with Crippen molar-refractivity contribution in [3.05, 3.63) is 40.9 Å². The Labute approximate surface area is 126 Å². The summed E-state index contributed by atoms with van der Waals surface area (Å²) in [6.07, 6.45) is 5.05. The highest BCUT2D eigenvalue weighted by Crippen LogP contribution is 2.16. The maximum absolute atomic E-state index is 11.4. The minimum absolute atomic E-state index is 0.374. The van der Waals surface area contributed by atoms with E-state index in [0.717, 1.165) is 35.9 Å². The molecule has 0 N–H and O–H groups in total. The lowest BCUT2D eigenvalue weighted by atomic mass is 10.3. The van der Waals surface area contributed by atoms with Crippen LogP contribution in [0.1, 0.15) is 26.2 Å². The van der Waals surface area contributed by atoms with Crippen LogP contribution < -0.4 is 4.74 Å². The molecule has 0 amide bonds. The highest BCUT2D eigenvalue weighted by molar-refractivity contribution is 9.10. The largest absolute Gasteiger partial charge is 0.463 e. The SMILES string of the molecule is CCCCCOC(=O)/C=C/C(=O)Oc1ccc(Br)cc1. The average molecular weight is 341 g/mol. The number of benzene rings is 1. The van der Waals surface area contributed by atoms with Crippen LogP contribution in [0.15, 0.2) is 40.9 Å². The van der Waals surface area contributed by atoms with Crippen LogP contribution >= 0.6 is 15.9 Å². The second kappa shape index (κ2) is 9.31. The van der Waals surface area contributed by atoms with Gasteiger partial charge in [0.05, 0.1) is 6.61 Å². The van der Waals surface area contributed by atoms with Crippen molar-refractivity contribution in [1.82, 2.24) is 0 Å². The van der Waals surface area contributed by atoms with Gasteiger partial charge in [-0.05, 0) is 30.7 Å². The predicted octanol–water partition coefficient (Wildman–Crippen LogP) is 3.64. The first kappa shape index (κ1) is 16.4. The molecule has 1 aromatic carbocycles. The molecule has 4 nitrogen and oxygen atoms in total. The van der Waals surface area contributed by atoms with Gasteiger partial charge in [-0.15, -0.1) is 0 Å². The van der Waals surface area contributed by atoms with Crippen LogP contribution in [0, 0.1) is 0 Å². The zero-order chi connectivity index (χ0) is 14.8. The zero-order valence-corrected chi connectivity index (χ0v) is 12.9. The van der Waals surface area contributed by atoms with E-state index in [-0.39, 0.29) is 0 Å². The summed E-state index contributed by atoms with van der Waals surface area (Å²) in [5, 5.41) is 0. The zero-order valence-electron chi connectivity index (χ0n) is 11.3. The number of esters is 2. The third-order valence-corrected chi connectivity index (χ3v) is 2.91. The lowest BCUT2D eigenvalue weighted by molar-refractivity contribution is -0.138. The molecule has 1 aromatic rings. The summed E-state index contributed by atoms with van der Waals surface area (Å²) >= 11 is 3.28. The van der Waals surface area contributed by atoms with E-state index in [4.69, 9.17) is 9.47 Å². The number of hydrogen-bond donors (Lipinski definition) is 0. The smallest absolute Gasteiger partial charge is 0.336 e. The molecule has 0 saturated carbocycles. The van der Waals surface area contributed by atoms with Crippen LogP contribution in [0.25, 0.3) is 0 Å². The molecule has 0 aliphatic carbocycles. The maximum Gasteiger partial charge on any atom is 0.336 e. The molecule has 0 spiro atoms. The highest BCUT2D eigenvalue weighted by Gasteiger charge is 2.02. The minimum Gasteiger partial charge on any atom is -0.463 e. The number of carbonyl (C=O) groups excluding carboxylic acids is 2. The summed E-state index contributed by atoms with van der Waals surface area (Å²) in [6, 6.07) is 6.82. The van der Waals surface area contributed by atoms with Gasteiger partial charge in [-0.3, -0.25) is 0 Å². The van der Waals surface area contributed by atoms with Gasteiger partial charge in [-0.1, -0.05) is 35.7 Å². The van der Waals surface area contributed by atoms with E-state index in [9.17, 15) is 9.59 Å². The van der Waals surface area contributed by atoms with Gasteiger partial charge in [0.2, 0.25) is 0 Å². The van der Waals surface area contributed by atoms with Crippen molar-refractivity contribution in [3.63, 3.8) is 0 Å². The van der Waals surface area contributed by atoms with Gasteiger partial charge in [0.1, 0.15) is 5.75 Å². The lowest BCUT2D eigenvalue weighted by Crippen LogP contribution is -2.07. The van der Waals surface area contributed by atoms with Gasteiger partial charge in [0, 0.05) is 16.6 Å². The molecule has 0 radical (unpaired) electrons. The number of unbranched alkanes of at least 4 members (excludes halogenated alkanes) is 2. The Bertz CT molecular complexity index is 465. The molecule has 0 atom stereocenters. The van der Waals surface area contributed by atoms with Crippen molar-refractivity contribution in [3.8, 4) is 5.75 Å². The average Bonchev–Trinajstić information content (AvgIpc) is 2.44. The third-order valence-electron chi connectivity index (χ3n) is 2.38. The molecule has 108 valence electrons. The van der Waals surface area contributed by atoms with Gasteiger partial charge in [0.25, 0.3) is 0 Å². The summed E-state index contributed by atoms with van der Waals surface area (Å²) in [6.45, 7) is 2.44. The first-order valence-electron chi connectivity index (χ1n) is 6.44. The molecule has 0 heterocycles.